The first kappa shape index (κ1) is 17.4. The van der Waals surface area contributed by atoms with Gasteiger partial charge in [-0.2, -0.15) is 13.2 Å². The van der Waals surface area contributed by atoms with Crippen LogP contribution in [0.4, 0.5) is 13.2 Å². The van der Waals surface area contributed by atoms with Crippen molar-refractivity contribution in [2.75, 3.05) is 20.1 Å². The first-order chi connectivity index (χ1) is 9.18. The van der Waals surface area contributed by atoms with Crippen LogP contribution < -0.4 is 10.0 Å². The zero-order chi connectivity index (χ0) is 15.4. The Morgan fingerprint density at radius 3 is 2.45 bits per heavy atom. The summed E-state index contributed by atoms with van der Waals surface area (Å²) < 4.78 is 64.8. The second-order valence-electron chi connectivity index (χ2n) is 3.99. The molecule has 0 atom stereocenters. The van der Waals surface area contributed by atoms with E-state index in [9.17, 15) is 21.6 Å². The van der Waals surface area contributed by atoms with E-state index in [1.165, 1.54) is 6.07 Å². The normalized spacial score (nSPS) is 12.7. The van der Waals surface area contributed by atoms with Crippen LogP contribution in [0.1, 0.15) is 12.0 Å². The molecule has 0 unspecified atom stereocenters. The van der Waals surface area contributed by atoms with Gasteiger partial charge in [0.2, 0.25) is 10.0 Å². The molecule has 0 bridgehead atoms. The summed E-state index contributed by atoms with van der Waals surface area (Å²) in [6.07, 6.45) is -4.26. The fourth-order valence-electron chi connectivity index (χ4n) is 1.51. The second-order valence-corrected chi connectivity index (χ2v) is 6.64. The fourth-order valence-corrected chi connectivity index (χ4v) is 3.15. The Morgan fingerprint density at radius 2 is 1.90 bits per heavy atom. The number of hydrogen-bond acceptors (Lipinski definition) is 3. The number of sulfonamides is 1. The van der Waals surface area contributed by atoms with Crippen molar-refractivity contribution >= 4 is 26.0 Å². The van der Waals surface area contributed by atoms with Crippen LogP contribution in [0, 0.1) is 0 Å². The Bertz CT molecular complexity index is 561. The molecule has 0 aliphatic carbocycles. The molecule has 0 heterocycles. The molecule has 0 saturated carbocycles. The Labute approximate surface area is 123 Å². The molecule has 0 saturated heterocycles. The third kappa shape index (κ3) is 4.72. The average Bonchev–Trinajstić information content (AvgIpc) is 2.33. The molecule has 9 heteroatoms. The van der Waals surface area contributed by atoms with Gasteiger partial charge in [0.15, 0.2) is 0 Å². The van der Waals surface area contributed by atoms with E-state index in [2.05, 4.69) is 26.0 Å². The molecular formula is C11H14BrF3N2O2S. The summed E-state index contributed by atoms with van der Waals surface area (Å²) in [5.74, 6) is 0. The smallest absolute Gasteiger partial charge is 0.320 e. The second kappa shape index (κ2) is 6.88. The van der Waals surface area contributed by atoms with Crippen molar-refractivity contribution < 1.29 is 21.6 Å². The minimum Gasteiger partial charge on any atom is -0.320 e. The quantitative estimate of drug-likeness (QED) is 0.751. The zero-order valence-corrected chi connectivity index (χ0v) is 13.0. The van der Waals surface area contributed by atoms with Gasteiger partial charge in [0.25, 0.3) is 0 Å². The Kier molecular flexibility index (Phi) is 5.99. The molecule has 0 aromatic heterocycles. The molecule has 1 aromatic carbocycles. The molecule has 0 aliphatic heterocycles. The number of benzene rings is 1. The summed E-state index contributed by atoms with van der Waals surface area (Å²) in [5, 5.41) is 2.82. The number of halogens is 4. The molecule has 1 rings (SSSR count). The Balaban J connectivity index is 3.06. The number of alkyl halides is 3. The van der Waals surface area contributed by atoms with Gasteiger partial charge in [0, 0.05) is 11.0 Å². The molecule has 114 valence electrons. The van der Waals surface area contributed by atoms with Crippen LogP contribution >= 0.6 is 15.9 Å². The molecule has 20 heavy (non-hydrogen) atoms. The van der Waals surface area contributed by atoms with Gasteiger partial charge in [-0.25, -0.2) is 13.1 Å². The first-order valence-electron chi connectivity index (χ1n) is 5.69. The predicted molar refractivity (Wildman–Crippen MR) is 72.9 cm³/mol. The molecule has 0 radical (unpaired) electrons. The molecule has 0 fully saturated rings. The van der Waals surface area contributed by atoms with E-state index in [-0.39, 0.29) is 11.0 Å². The van der Waals surface area contributed by atoms with Gasteiger partial charge in [-0.3, -0.25) is 0 Å². The van der Waals surface area contributed by atoms with Crippen molar-refractivity contribution in [3.8, 4) is 0 Å². The van der Waals surface area contributed by atoms with Gasteiger partial charge in [-0.1, -0.05) is 15.9 Å². The number of nitrogens with one attached hydrogen (secondary N) is 2. The van der Waals surface area contributed by atoms with Gasteiger partial charge >= 0.3 is 6.18 Å². The molecule has 2 N–H and O–H groups in total. The van der Waals surface area contributed by atoms with Gasteiger partial charge in [-0.15, -0.1) is 0 Å². The third-order valence-electron chi connectivity index (χ3n) is 2.43. The van der Waals surface area contributed by atoms with Crippen LogP contribution in [-0.4, -0.2) is 28.6 Å². The minimum absolute atomic E-state index is 0.0660. The molecular weight excluding hydrogens is 361 g/mol. The maximum atomic E-state index is 12.9. The van der Waals surface area contributed by atoms with Crippen molar-refractivity contribution in [1.82, 2.24) is 10.0 Å². The van der Waals surface area contributed by atoms with Crippen LogP contribution in [-0.2, 0) is 16.2 Å². The molecule has 0 amide bonds. The van der Waals surface area contributed by atoms with Gasteiger partial charge < -0.3 is 5.32 Å². The summed E-state index contributed by atoms with van der Waals surface area (Å²) in [6, 6.07) is 2.95. The maximum Gasteiger partial charge on any atom is 0.417 e. The standard InChI is InChI=1S/C11H14BrF3N2O2S/c1-16-5-2-6-17-20(18,19)10-4-3-8(12)7-9(10)11(13,14)15/h3-4,7,16-17H,2,5-6H2,1H3. The van der Waals surface area contributed by atoms with Crippen molar-refractivity contribution in [3.05, 3.63) is 28.2 Å². The minimum atomic E-state index is -4.74. The van der Waals surface area contributed by atoms with Gasteiger partial charge in [-0.05, 0) is 38.2 Å². The fraction of sp³-hybridized carbons (Fsp3) is 0.455. The van der Waals surface area contributed by atoms with E-state index in [0.717, 1.165) is 12.1 Å². The molecule has 0 aliphatic rings. The van der Waals surface area contributed by atoms with Gasteiger partial charge in [0.1, 0.15) is 0 Å². The highest BCUT2D eigenvalue weighted by atomic mass is 79.9. The summed E-state index contributed by atoms with van der Waals surface area (Å²) >= 11 is 2.91. The highest BCUT2D eigenvalue weighted by Gasteiger charge is 2.37. The van der Waals surface area contributed by atoms with Crippen LogP contribution in [0.25, 0.3) is 0 Å². The van der Waals surface area contributed by atoms with E-state index in [1.54, 1.807) is 7.05 Å². The lowest BCUT2D eigenvalue weighted by Gasteiger charge is -2.14. The van der Waals surface area contributed by atoms with Crippen LogP contribution in [0.15, 0.2) is 27.6 Å². The Hall–Kier alpha value is -0.640. The number of hydrogen-bond donors (Lipinski definition) is 2. The van der Waals surface area contributed by atoms with Gasteiger partial charge in [0.05, 0.1) is 10.5 Å². The summed E-state index contributed by atoms with van der Waals surface area (Å²) in [4.78, 5) is -0.766. The van der Waals surface area contributed by atoms with E-state index >= 15 is 0 Å². The monoisotopic (exact) mass is 374 g/mol. The van der Waals surface area contributed by atoms with Crippen molar-refractivity contribution in [3.63, 3.8) is 0 Å². The van der Waals surface area contributed by atoms with Crippen molar-refractivity contribution in [1.29, 1.82) is 0 Å². The SMILES string of the molecule is CNCCCNS(=O)(=O)c1ccc(Br)cc1C(F)(F)F. The van der Waals surface area contributed by atoms with E-state index in [4.69, 9.17) is 0 Å². The summed E-state index contributed by atoms with van der Waals surface area (Å²) in [7, 11) is -2.49. The van der Waals surface area contributed by atoms with Crippen molar-refractivity contribution in [2.45, 2.75) is 17.5 Å². The lowest BCUT2D eigenvalue weighted by Crippen LogP contribution is -2.28. The molecule has 0 spiro atoms. The summed E-state index contributed by atoms with van der Waals surface area (Å²) in [5.41, 5.74) is -1.19. The first-order valence-corrected chi connectivity index (χ1v) is 7.97. The van der Waals surface area contributed by atoms with Crippen LogP contribution in [0.2, 0.25) is 0 Å². The van der Waals surface area contributed by atoms with Crippen LogP contribution in [0.5, 0.6) is 0 Å². The number of rotatable bonds is 6. The molecule has 1 aromatic rings. The van der Waals surface area contributed by atoms with Crippen molar-refractivity contribution in [2.24, 2.45) is 0 Å². The highest BCUT2D eigenvalue weighted by Crippen LogP contribution is 2.35. The summed E-state index contributed by atoms with van der Waals surface area (Å²) in [6.45, 7) is 0.630. The van der Waals surface area contributed by atoms with E-state index < -0.39 is 26.7 Å². The lowest BCUT2D eigenvalue weighted by atomic mass is 10.2. The lowest BCUT2D eigenvalue weighted by molar-refractivity contribution is -0.139. The van der Waals surface area contributed by atoms with E-state index in [1.807, 2.05) is 0 Å². The van der Waals surface area contributed by atoms with E-state index in [0.29, 0.717) is 13.0 Å². The highest BCUT2D eigenvalue weighted by molar-refractivity contribution is 9.10. The largest absolute Gasteiger partial charge is 0.417 e. The zero-order valence-electron chi connectivity index (χ0n) is 10.6. The maximum absolute atomic E-state index is 12.9. The predicted octanol–water partition coefficient (Wildman–Crippen LogP) is 2.36. The average molecular weight is 375 g/mol. The topological polar surface area (TPSA) is 58.2 Å². The molecule has 4 nitrogen and oxygen atoms in total. The van der Waals surface area contributed by atoms with Crippen LogP contribution in [0.3, 0.4) is 0 Å². The third-order valence-corrected chi connectivity index (χ3v) is 4.44. The Morgan fingerprint density at radius 1 is 1.25 bits per heavy atom.